The van der Waals surface area contributed by atoms with Crippen molar-refractivity contribution >= 4 is 17.0 Å². The Kier molecular flexibility index (Phi) is 3.31. The van der Waals surface area contributed by atoms with Gasteiger partial charge in [-0.3, -0.25) is 4.90 Å². The largest absolute Gasteiger partial charge is 0.340 e. The summed E-state index contributed by atoms with van der Waals surface area (Å²) < 4.78 is 2.22. The van der Waals surface area contributed by atoms with Crippen molar-refractivity contribution in [2.75, 3.05) is 44.2 Å². The molecule has 2 fully saturated rings. The predicted octanol–water partition coefficient (Wildman–Crippen LogP) is 1.06. The second-order valence-corrected chi connectivity index (χ2v) is 6.13. The van der Waals surface area contributed by atoms with Crippen LogP contribution in [-0.2, 0) is 7.05 Å². The van der Waals surface area contributed by atoms with Crippen LogP contribution in [0.5, 0.6) is 0 Å². The number of nitrogens with one attached hydrogen (secondary N) is 1. The maximum atomic E-state index is 4.82. The Bertz CT molecular complexity index is 621. The Hall–Kier alpha value is -1.59. The molecular weight excluding hydrogens is 262 g/mol. The molecule has 2 saturated heterocycles. The highest BCUT2D eigenvalue weighted by Crippen LogP contribution is 2.22. The van der Waals surface area contributed by atoms with Gasteiger partial charge in [-0.2, -0.15) is 0 Å². The van der Waals surface area contributed by atoms with Gasteiger partial charge in [0.15, 0.2) is 0 Å². The lowest BCUT2D eigenvalue weighted by molar-refractivity contribution is 0.195. The van der Waals surface area contributed by atoms with Gasteiger partial charge in [0.1, 0.15) is 0 Å². The Morgan fingerprint density at radius 3 is 2.67 bits per heavy atom. The fourth-order valence-electron chi connectivity index (χ4n) is 3.65. The average molecular weight is 285 g/mol. The van der Waals surface area contributed by atoms with Crippen LogP contribution in [0.4, 0.5) is 5.95 Å². The van der Waals surface area contributed by atoms with Crippen LogP contribution in [0, 0.1) is 0 Å². The van der Waals surface area contributed by atoms with Crippen LogP contribution in [0.15, 0.2) is 24.3 Å². The van der Waals surface area contributed by atoms with E-state index in [4.69, 9.17) is 4.98 Å². The van der Waals surface area contributed by atoms with Gasteiger partial charge >= 0.3 is 0 Å². The van der Waals surface area contributed by atoms with E-state index in [2.05, 4.69) is 51.0 Å². The van der Waals surface area contributed by atoms with Gasteiger partial charge in [0.2, 0.25) is 5.95 Å². The van der Waals surface area contributed by atoms with E-state index >= 15 is 0 Å². The minimum Gasteiger partial charge on any atom is -0.340 e. The smallest absolute Gasteiger partial charge is 0.206 e. The fourth-order valence-corrected chi connectivity index (χ4v) is 3.65. The molecule has 2 aliphatic rings. The number of hydrogen-bond acceptors (Lipinski definition) is 4. The van der Waals surface area contributed by atoms with Gasteiger partial charge < -0.3 is 14.8 Å². The molecule has 0 saturated carbocycles. The molecule has 4 rings (SSSR count). The van der Waals surface area contributed by atoms with Crippen molar-refractivity contribution in [3.63, 3.8) is 0 Å². The van der Waals surface area contributed by atoms with E-state index in [0.717, 1.165) is 50.2 Å². The third-order valence-corrected chi connectivity index (χ3v) is 4.91. The number of aryl methyl sites for hydroxylation is 1. The Morgan fingerprint density at radius 1 is 1.14 bits per heavy atom. The van der Waals surface area contributed by atoms with Gasteiger partial charge in [0.25, 0.3) is 0 Å². The predicted molar refractivity (Wildman–Crippen MR) is 85.8 cm³/mol. The number of rotatable bonds is 2. The first kappa shape index (κ1) is 13.1. The van der Waals surface area contributed by atoms with E-state index in [9.17, 15) is 0 Å². The number of nitrogens with zero attached hydrogens (tertiary/aromatic N) is 4. The van der Waals surface area contributed by atoms with E-state index in [1.807, 2.05) is 0 Å². The van der Waals surface area contributed by atoms with Crippen molar-refractivity contribution < 1.29 is 0 Å². The van der Waals surface area contributed by atoms with Crippen LogP contribution >= 0.6 is 0 Å². The monoisotopic (exact) mass is 285 g/mol. The summed E-state index contributed by atoms with van der Waals surface area (Å²) in [7, 11) is 2.12. The zero-order valence-electron chi connectivity index (χ0n) is 12.6. The number of fused-ring (bicyclic) bond motifs is 1. The highest BCUT2D eigenvalue weighted by molar-refractivity contribution is 5.78. The number of hydrogen-bond donors (Lipinski definition) is 1. The quantitative estimate of drug-likeness (QED) is 0.895. The molecule has 1 aromatic heterocycles. The van der Waals surface area contributed by atoms with Crippen molar-refractivity contribution in [1.29, 1.82) is 0 Å². The van der Waals surface area contributed by atoms with Crippen molar-refractivity contribution in [3.05, 3.63) is 24.3 Å². The van der Waals surface area contributed by atoms with Crippen LogP contribution in [0.25, 0.3) is 11.0 Å². The summed E-state index contributed by atoms with van der Waals surface area (Å²) in [5.41, 5.74) is 2.31. The third-order valence-electron chi connectivity index (χ3n) is 4.91. The van der Waals surface area contributed by atoms with Crippen molar-refractivity contribution in [2.45, 2.75) is 12.5 Å². The summed E-state index contributed by atoms with van der Waals surface area (Å²) >= 11 is 0. The van der Waals surface area contributed by atoms with Crippen LogP contribution in [0.2, 0.25) is 0 Å². The van der Waals surface area contributed by atoms with E-state index in [-0.39, 0.29) is 0 Å². The molecule has 0 bridgehead atoms. The number of anilines is 1. The van der Waals surface area contributed by atoms with Gasteiger partial charge in [-0.1, -0.05) is 12.1 Å². The van der Waals surface area contributed by atoms with Gasteiger partial charge in [0.05, 0.1) is 11.0 Å². The van der Waals surface area contributed by atoms with Crippen LogP contribution in [-0.4, -0.2) is 59.8 Å². The lowest BCUT2D eigenvalue weighted by atomic mass is 10.2. The number of aromatic nitrogens is 2. The van der Waals surface area contributed by atoms with E-state index in [1.165, 1.54) is 18.5 Å². The Morgan fingerprint density at radius 2 is 1.95 bits per heavy atom. The summed E-state index contributed by atoms with van der Waals surface area (Å²) in [6, 6.07) is 9.13. The van der Waals surface area contributed by atoms with E-state index < -0.39 is 0 Å². The van der Waals surface area contributed by atoms with Crippen LogP contribution in [0.1, 0.15) is 6.42 Å². The second kappa shape index (κ2) is 5.31. The molecule has 1 aromatic carbocycles. The minimum absolute atomic E-state index is 0.743. The molecule has 2 aliphatic heterocycles. The van der Waals surface area contributed by atoms with E-state index in [0.29, 0.717) is 0 Å². The molecule has 5 nitrogen and oxygen atoms in total. The molecule has 1 unspecified atom stereocenters. The summed E-state index contributed by atoms with van der Waals surface area (Å²) in [5, 5.41) is 3.47. The first-order chi connectivity index (χ1) is 10.3. The van der Waals surface area contributed by atoms with Crippen molar-refractivity contribution in [1.82, 2.24) is 19.8 Å². The molecule has 5 heteroatoms. The fraction of sp³-hybridized carbons (Fsp3) is 0.562. The van der Waals surface area contributed by atoms with Gasteiger partial charge in [-0.05, 0) is 25.1 Å². The molecular formula is C16H23N5. The number of imidazole rings is 1. The van der Waals surface area contributed by atoms with Crippen molar-refractivity contribution in [3.8, 4) is 0 Å². The molecule has 21 heavy (non-hydrogen) atoms. The summed E-state index contributed by atoms with van der Waals surface area (Å²) in [4.78, 5) is 9.88. The normalized spacial score (nSPS) is 24.0. The zero-order valence-corrected chi connectivity index (χ0v) is 12.6. The average Bonchev–Trinajstić information content (AvgIpc) is 3.17. The third kappa shape index (κ3) is 2.30. The standard InChI is InChI=1S/C16H23N5/c1-19-15-5-3-2-4-14(15)18-16(19)21-10-8-20(9-11-21)13-6-7-17-12-13/h2-5,13,17H,6-12H2,1H3. The Labute approximate surface area is 125 Å². The highest BCUT2D eigenvalue weighted by Gasteiger charge is 2.27. The molecule has 3 heterocycles. The number of para-hydroxylation sites is 2. The molecule has 1 atom stereocenters. The first-order valence-electron chi connectivity index (χ1n) is 7.94. The lowest BCUT2D eigenvalue weighted by Crippen LogP contribution is -2.51. The summed E-state index contributed by atoms with van der Waals surface area (Å²) in [5.74, 6) is 1.11. The molecule has 1 N–H and O–H groups in total. The maximum absolute atomic E-state index is 4.82. The summed E-state index contributed by atoms with van der Waals surface area (Å²) in [6.45, 7) is 6.79. The minimum atomic E-state index is 0.743. The van der Waals surface area contributed by atoms with E-state index in [1.54, 1.807) is 0 Å². The Balaban J connectivity index is 1.50. The lowest BCUT2D eigenvalue weighted by Gasteiger charge is -2.38. The summed E-state index contributed by atoms with van der Waals surface area (Å²) in [6.07, 6.45) is 1.30. The molecule has 0 radical (unpaired) electrons. The van der Waals surface area contributed by atoms with Gasteiger partial charge in [0, 0.05) is 45.8 Å². The molecule has 0 spiro atoms. The molecule has 0 amide bonds. The topological polar surface area (TPSA) is 36.3 Å². The number of benzene rings is 1. The first-order valence-corrected chi connectivity index (χ1v) is 7.94. The van der Waals surface area contributed by atoms with Crippen LogP contribution < -0.4 is 10.2 Å². The number of piperazine rings is 1. The molecule has 0 aliphatic carbocycles. The van der Waals surface area contributed by atoms with Crippen LogP contribution in [0.3, 0.4) is 0 Å². The maximum Gasteiger partial charge on any atom is 0.206 e. The molecule has 2 aromatic rings. The second-order valence-electron chi connectivity index (χ2n) is 6.13. The van der Waals surface area contributed by atoms with Gasteiger partial charge in [-0.15, -0.1) is 0 Å². The zero-order chi connectivity index (χ0) is 14.2. The SMILES string of the molecule is Cn1c(N2CCN(C3CCNC3)CC2)nc2ccccc21. The molecule has 112 valence electrons. The van der Waals surface area contributed by atoms with Gasteiger partial charge in [-0.25, -0.2) is 4.98 Å². The highest BCUT2D eigenvalue weighted by atomic mass is 15.4. The van der Waals surface area contributed by atoms with Crippen molar-refractivity contribution in [2.24, 2.45) is 7.05 Å².